The number of aryl methyl sites for hydroxylation is 1. The first-order chi connectivity index (χ1) is 10.1. The molecule has 0 saturated heterocycles. The van der Waals surface area contributed by atoms with Gasteiger partial charge in [0.05, 0.1) is 6.61 Å². The third-order valence-corrected chi connectivity index (χ3v) is 4.78. The molecule has 0 aromatic heterocycles. The van der Waals surface area contributed by atoms with E-state index in [9.17, 15) is 0 Å². The predicted octanol–water partition coefficient (Wildman–Crippen LogP) is 5.10. The summed E-state index contributed by atoms with van der Waals surface area (Å²) in [7, 11) is 0. The van der Waals surface area contributed by atoms with Crippen LogP contribution in [0.5, 0.6) is 11.5 Å². The molecule has 3 nitrogen and oxygen atoms in total. The molecular weight excluding hydrogens is 303 g/mol. The zero-order chi connectivity index (χ0) is 15.1. The van der Waals surface area contributed by atoms with Crippen molar-refractivity contribution in [2.24, 2.45) is 0 Å². The maximum atomic E-state index is 5.84. The van der Waals surface area contributed by atoms with E-state index in [1.165, 1.54) is 0 Å². The third-order valence-electron chi connectivity index (χ3n) is 2.65. The second-order valence-electron chi connectivity index (χ2n) is 4.59. The van der Waals surface area contributed by atoms with Crippen molar-refractivity contribution in [1.82, 2.24) is 0 Å². The van der Waals surface area contributed by atoms with Crippen LogP contribution in [0.1, 0.15) is 18.9 Å². The monoisotopic (exact) mass is 322 g/mol. The predicted molar refractivity (Wildman–Crippen MR) is 89.4 cm³/mol. The molecule has 0 radical (unpaired) electrons. The fraction of sp³-hybridized carbons (Fsp3) is 0.250. The second kappa shape index (κ2) is 7.60. The molecule has 21 heavy (non-hydrogen) atoms. The lowest BCUT2D eigenvalue weighted by molar-refractivity contribution is 0.262. The van der Waals surface area contributed by atoms with Gasteiger partial charge in [-0.1, -0.05) is 42.8 Å². The molecule has 0 amide bonds. The Kier molecular flexibility index (Phi) is 5.80. The smallest absolute Gasteiger partial charge is 0.416 e. The van der Waals surface area contributed by atoms with Crippen LogP contribution in [-0.2, 0) is 16.3 Å². The molecule has 0 aliphatic heterocycles. The molecule has 112 valence electrons. The number of hydrogen-bond donors (Lipinski definition) is 0. The van der Waals surface area contributed by atoms with Gasteiger partial charge in [-0.05, 0) is 37.6 Å². The third kappa shape index (κ3) is 5.16. The highest BCUT2D eigenvalue weighted by molar-refractivity contribution is 8.07. The Morgan fingerprint density at radius 3 is 2.05 bits per heavy atom. The van der Waals surface area contributed by atoms with Crippen LogP contribution in [0.3, 0.4) is 0 Å². The average molecular weight is 322 g/mol. The SMILES string of the molecule is CCCOP(=S)(Oc1ccccc1)Oc1ccc(C)cc1. The van der Waals surface area contributed by atoms with E-state index >= 15 is 0 Å². The number of rotatable bonds is 7. The Labute approximate surface area is 131 Å². The summed E-state index contributed by atoms with van der Waals surface area (Å²) in [6, 6.07) is 17.1. The van der Waals surface area contributed by atoms with Crippen LogP contribution in [0.2, 0.25) is 0 Å². The zero-order valence-corrected chi connectivity index (χ0v) is 13.9. The first kappa shape index (κ1) is 16.0. The molecule has 0 spiro atoms. The van der Waals surface area contributed by atoms with Crippen LogP contribution in [0.25, 0.3) is 0 Å². The molecule has 0 saturated carbocycles. The molecule has 0 heterocycles. The maximum Gasteiger partial charge on any atom is 0.434 e. The van der Waals surface area contributed by atoms with Gasteiger partial charge in [0.2, 0.25) is 0 Å². The van der Waals surface area contributed by atoms with Crippen molar-refractivity contribution < 1.29 is 13.6 Å². The van der Waals surface area contributed by atoms with Crippen LogP contribution in [0, 0.1) is 6.92 Å². The van der Waals surface area contributed by atoms with Crippen LogP contribution in [0.4, 0.5) is 0 Å². The standard InChI is InChI=1S/C16H19O3PS/c1-3-13-17-20(21,18-15-7-5-4-6-8-15)19-16-11-9-14(2)10-12-16/h4-12H,3,13H2,1-2H3. The Hall–Kier alpha value is -1.35. The zero-order valence-electron chi connectivity index (χ0n) is 12.2. The molecule has 0 aliphatic carbocycles. The van der Waals surface area contributed by atoms with Gasteiger partial charge in [0.1, 0.15) is 11.5 Å². The Balaban J connectivity index is 2.16. The Morgan fingerprint density at radius 1 is 0.905 bits per heavy atom. The first-order valence-corrected chi connectivity index (χ1v) is 9.42. The van der Waals surface area contributed by atoms with Gasteiger partial charge in [-0.2, -0.15) is 0 Å². The number of benzene rings is 2. The minimum Gasteiger partial charge on any atom is -0.416 e. The van der Waals surface area contributed by atoms with Crippen molar-refractivity contribution in [3.8, 4) is 11.5 Å². The molecular formula is C16H19O3PS. The van der Waals surface area contributed by atoms with Crippen LogP contribution in [-0.4, -0.2) is 6.61 Å². The van der Waals surface area contributed by atoms with Crippen LogP contribution >= 0.6 is 6.72 Å². The van der Waals surface area contributed by atoms with Crippen molar-refractivity contribution in [2.45, 2.75) is 20.3 Å². The van der Waals surface area contributed by atoms with Gasteiger partial charge in [-0.15, -0.1) is 0 Å². The minimum atomic E-state index is -2.86. The maximum absolute atomic E-state index is 5.84. The highest BCUT2D eigenvalue weighted by Gasteiger charge is 2.24. The normalized spacial score (nSPS) is 13.4. The lowest BCUT2D eigenvalue weighted by atomic mass is 10.2. The molecule has 0 fully saturated rings. The molecule has 2 aromatic rings. The Bertz CT molecular complexity index is 599. The van der Waals surface area contributed by atoms with Gasteiger partial charge in [-0.3, -0.25) is 4.52 Å². The highest BCUT2D eigenvalue weighted by atomic mass is 32.5. The largest absolute Gasteiger partial charge is 0.434 e. The molecule has 0 bridgehead atoms. The quantitative estimate of drug-likeness (QED) is 0.663. The summed E-state index contributed by atoms with van der Waals surface area (Å²) in [6.07, 6.45) is 0.855. The summed E-state index contributed by atoms with van der Waals surface area (Å²) in [4.78, 5) is 0. The molecule has 2 aromatic carbocycles. The fourth-order valence-corrected chi connectivity index (χ4v) is 3.66. The van der Waals surface area contributed by atoms with E-state index in [1.54, 1.807) is 0 Å². The highest BCUT2D eigenvalue weighted by Crippen LogP contribution is 2.50. The molecule has 2 rings (SSSR count). The van der Waals surface area contributed by atoms with Crippen molar-refractivity contribution in [1.29, 1.82) is 0 Å². The van der Waals surface area contributed by atoms with Gasteiger partial charge in [0, 0.05) is 11.8 Å². The summed E-state index contributed by atoms with van der Waals surface area (Å²) in [5, 5.41) is 0. The van der Waals surface area contributed by atoms with Crippen molar-refractivity contribution in [2.75, 3.05) is 6.61 Å². The van der Waals surface area contributed by atoms with Crippen molar-refractivity contribution >= 4 is 18.5 Å². The summed E-state index contributed by atoms with van der Waals surface area (Å²) >= 11 is 5.51. The molecule has 5 heteroatoms. The number of hydrogen-bond acceptors (Lipinski definition) is 4. The van der Waals surface area contributed by atoms with Gasteiger partial charge in [-0.25, -0.2) is 0 Å². The molecule has 0 N–H and O–H groups in total. The second-order valence-corrected chi connectivity index (χ2v) is 7.45. The Morgan fingerprint density at radius 2 is 1.48 bits per heavy atom. The summed E-state index contributed by atoms with van der Waals surface area (Å²) < 4.78 is 17.4. The van der Waals surface area contributed by atoms with E-state index in [4.69, 9.17) is 25.4 Å². The molecule has 1 atom stereocenters. The summed E-state index contributed by atoms with van der Waals surface area (Å²) in [6.45, 7) is 1.69. The van der Waals surface area contributed by atoms with E-state index in [0.717, 1.165) is 12.0 Å². The van der Waals surface area contributed by atoms with Gasteiger partial charge < -0.3 is 9.05 Å². The molecule has 0 aliphatic rings. The number of para-hydroxylation sites is 1. The lowest BCUT2D eigenvalue weighted by Gasteiger charge is -2.22. The van der Waals surface area contributed by atoms with E-state index in [1.807, 2.05) is 68.4 Å². The first-order valence-electron chi connectivity index (χ1n) is 6.87. The average Bonchev–Trinajstić information content (AvgIpc) is 2.49. The van der Waals surface area contributed by atoms with Crippen molar-refractivity contribution in [3.63, 3.8) is 0 Å². The van der Waals surface area contributed by atoms with E-state index < -0.39 is 6.72 Å². The molecule has 1 unspecified atom stereocenters. The van der Waals surface area contributed by atoms with Gasteiger partial charge in [0.15, 0.2) is 0 Å². The topological polar surface area (TPSA) is 27.7 Å². The lowest BCUT2D eigenvalue weighted by Crippen LogP contribution is -2.05. The van der Waals surface area contributed by atoms with E-state index in [-0.39, 0.29) is 0 Å². The summed E-state index contributed by atoms with van der Waals surface area (Å²) in [5.41, 5.74) is 1.16. The van der Waals surface area contributed by atoms with Crippen molar-refractivity contribution in [3.05, 3.63) is 60.2 Å². The van der Waals surface area contributed by atoms with Gasteiger partial charge >= 0.3 is 6.72 Å². The van der Waals surface area contributed by atoms with Gasteiger partial charge in [0.25, 0.3) is 0 Å². The van der Waals surface area contributed by atoms with E-state index in [2.05, 4.69) is 0 Å². The van der Waals surface area contributed by atoms with E-state index in [0.29, 0.717) is 18.1 Å². The van der Waals surface area contributed by atoms with Crippen LogP contribution < -0.4 is 9.05 Å². The fourth-order valence-electron chi connectivity index (χ4n) is 1.61. The summed E-state index contributed by atoms with van der Waals surface area (Å²) in [5.74, 6) is 1.32. The minimum absolute atomic E-state index is 0.510. The van der Waals surface area contributed by atoms with Crippen LogP contribution in [0.15, 0.2) is 54.6 Å².